The molecule has 1 saturated heterocycles. The number of hydrogen-bond acceptors (Lipinski definition) is 3. The lowest BCUT2D eigenvalue weighted by Crippen LogP contribution is -2.40. The maximum atomic E-state index is 12.3. The van der Waals surface area contributed by atoms with Crippen LogP contribution >= 0.6 is 31.9 Å². The predicted molar refractivity (Wildman–Crippen MR) is 81.5 cm³/mol. The van der Waals surface area contributed by atoms with Crippen molar-refractivity contribution in [3.8, 4) is 0 Å². The Kier molecular flexibility index (Phi) is 5.26. The molecule has 2 rings (SSSR count). The lowest BCUT2D eigenvalue weighted by atomic mass is 9.97. The minimum Gasteiger partial charge on any atom is -0.466 e. The third-order valence-corrected chi connectivity index (χ3v) is 5.14. The third-order valence-electron chi connectivity index (χ3n) is 3.36. The molecule has 0 aromatic carbocycles. The van der Waals surface area contributed by atoms with Gasteiger partial charge in [0.25, 0.3) is 5.91 Å². The molecule has 110 valence electrons. The molecule has 1 amide bonds. The van der Waals surface area contributed by atoms with E-state index in [1.165, 1.54) is 0 Å². The van der Waals surface area contributed by atoms with Crippen molar-refractivity contribution in [2.45, 2.75) is 19.8 Å². The number of aromatic amines is 1. The maximum absolute atomic E-state index is 12.3. The first kappa shape index (κ1) is 15.6. The summed E-state index contributed by atoms with van der Waals surface area (Å²) in [6, 6.07) is 1.75. The SMILES string of the molecule is CCOC(=O)C1CCN(C(=O)c2cc(Br)c(Br)[nH]2)CC1. The molecule has 5 nitrogen and oxygen atoms in total. The number of amides is 1. The molecule has 2 heterocycles. The van der Waals surface area contributed by atoms with Gasteiger partial charge in [-0.3, -0.25) is 9.59 Å². The highest BCUT2D eigenvalue weighted by Crippen LogP contribution is 2.25. The van der Waals surface area contributed by atoms with Crippen LogP contribution in [-0.4, -0.2) is 41.5 Å². The summed E-state index contributed by atoms with van der Waals surface area (Å²) in [4.78, 5) is 28.7. The molecule has 0 bridgehead atoms. The number of esters is 1. The van der Waals surface area contributed by atoms with Crippen molar-refractivity contribution in [1.82, 2.24) is 9.88 Å². The fourth-order valence-electron chi connectivity index (χ4n) is 2.27. The number of nitrogens with one attached hydrogen (secondary N) is 1. The van der Waals surface area contributed by atoms with Crippen LogP contribution in [0.25, 0.3) is 0 Å². The van der Waals surface area contributed by atoms with Crippen molar-refractivity contribution in [2.24, 2.45) is 5.92 Å². The van der Waals surface area contributed by atoms with Crippen LogP contribution in [-0.2, 0) is 9.53 Å². The summed E-state index contributed by atoms with van der Waals surface area (Å²) in [6.07, 6.45) is 1.32. The lowest BCUT2D eigenvalue weighted by Gasteiger charge is -2.30. The van der Waals surface area contributed by atoms with Crippen LogP contribution in [0.3, 0.4) is 0 Å². The van der Waals surface area contributed by atoms with Crippen LogP contribution in [0, 0.1) is 5.92 Å². The normalized spacial score (nSPS) is 16.2. The number of halogens is 2. The molecule has 0 aliphatic carbocycles. The average molecular weight is 408 g/mol. The lowest BCUT2D eigenvalue weighted by molar-refractivity contribution is -0.149. The number of piperidine rings is 1. The van der Waals surface area contributed by atoms with E-state index in [0.717, 1.165) is 9.08 Å². The highest BCUT2D eigenvalue weighted by atomic mass is 79.9. The summed E-state index contributed by atoms with van der Waals surface area (Å²) >= 11 is 6.66. The van der Waals surface area contributed by atoms with Gasteiger partial charge in [-0.1, -0.05) is 0 Å². The molecule has 0 unspecified atom stereocenters. The maximum Gasteiger partial charge on any atom is 0.309 e. The number of rotatable bonds is 3. The fourth-order valence-corrected chi connectivity index (χ4v) is 2.92. The second kappa shape index (κ2) is 6.76. The summed E-state index contributed by atoms with van der Waals surface area (Å²) in [5.41, 5.74) is 0.540. The number of likely N-dealkylation sites (tertiary alicyclic amines) is 1. The minimum absolute atomic E-state index is 0.0429. The Morgan fingerprint density at radius 1 is 1.40 bits per heavy atom. The molecule has 0 spiro atoms. The molecule has 1 aromatic heterocycles. The van der Waals surface area contributed by atoms with Gasteiger partial charge < -0.3 is 14.6 Å². The first-order valence-electron chi connectivity index (χ1n) is 6.52. The quantitative estimate of drug-likeness (QED) is 0.783. The second-order valence-electron chi connectivity index (χ2n) is 4.66. The van der Waals surface area contributed by atoms with E-state index in [4.69, 9.17) is 4.74 Å². The topological polar surface area (TPSA) is 62.4 Å². The van der Waals surface area contributed by atoms with E-state index in [9.17, 15) is 9.59 Å². The van der Waals surface area contributed by atoms with Crippen molar-refractivity contribution >= 4 is 43.7 Å². The summed E-state index contributed by atoms with van der Waals surface area (Å²) in [6.45, 7) is 3.37. The van der Waals surface area contributed by atoms with Gasteiger partial charge in [-0.25, -0.2) is 0 Å². The van der Waals surface area contributed by atoms with Crippen molar-refractivity contribution in [2.75, 3.05) is 19.7 Å². The van der Waals surface area contributed by atoms with Crippen molar-refractivity contribution in [3.05, 3.63) is 20.8 Å². The van der Waals surface area contributed by atoms with Gasteiger partial charge in [-0.05, 0) is 57.7 Å². The number of hydrogen-bond donors (Lipinski definition) is 1. The summed E-state index contributed by atoms with van der Waals surface area (Å²) in [5, 5.41) is 0. The molecule has 0 atom stereocenters. The molecule has 1 aliphatic heterocycles. The third kappa shape index (κ3) is 3.44. The van der Waals surface area contributed by atoms with Crippen molar-refractivity contribution in [1.29, 1.82) is 0 Å². The van der Waals surface area contributed by atoms with Crippen LogP contribution < -0.4 is 0 Å². The Bertz CT molecular complexity index is 488. The number of H-pyrrole nitrogens is 1. The van der Waals surface area contributed by atoms with Gasteiger partial charge in [0, 0.05) is 13.1 Å². The van der Waals surface area contributed by atoms with E-state index < -0.39 is 0 Å². The van der Waals surface area contributed by atoms with E-state index >= 15 is 0 Å². The summed E-state index contributed by atoms with van der Waals surface area (Å²) in [7, 11) is 0. The predicted octanol–water partition coefficient (Wildman–Crippen LogP) is 2.96. The molecule has 1 aromatic rings. The number of carbonyl (C=O) groups excluding carboxylic acids is 2. The molecule has 7 heteroatoms. The largest absolute Gasteiger partial charge is 0.466 e. The van der Waals surface area contributed by atoms with E-state index in [-0.39, 0.29) is 17.8 Å². The Hall–Kier alpha value is -0.820. The first-order chi connectivity index (χ1) is 9.52. The van der Waals surface area contributed by atoms with Gasteiger partial charge in [0.2, 0.25) is 0 Å². The van der Waals surface area contributed by atoms with E-state index in [1.54, 1.807) is 17.9 Å². The fraction of sp³-hybridized carbons (Fsp3) is 0.538. The molecule has 0 saturated carbocycles. The molecule has 1 aliphatic rings. The molecule has 20 heavy (non-hydrogen) atoms. The van der Waals surface area contributed by atoms with E-state index in [2.05, 4.69) is 36.8 Å². The summed E-state index contributed by atoms with van der Waals surface area (Å²) in [5.74, 6) is -0.273. The van der Waals surface area contributed by atoms with Gasteiger partial charge in [0.15, 0.2) is 0 Å². The van der Waals surface area contributed by atoms with E-state index in [0.29, 0.717) is 38.2 Å². The highest BCUT2D eigenvalue weighted by Gasteiger charge is 2.29. The molecule has 1 fully saturated rings. The Morgan fingerprint density at radius 2 is 2.05 bits per heavy atom. The molecule has 0 radical (unpaired) electrons. The van der Waals surface area contributed by atoms with Gasteiger partial charge in [0.1, 0.15) is 5.69 Å². The smallest absolute Gasteiger partial charge is 0.309 e. The van der Waals surface area contributed by atoms with Gasteiger partial charge in [0.05, 0.1) is 21.6 Å². The average Bonchev–Trinajstić information content (AvgIpc) is 2.78. The molecular formula is C13H16Br2N2O3. The number of aromatic nitrogens is 1. The van der Waals surface area contributed by atoms with Crippen LogP contribution in [0.15, 0.2) is 15.1 Å². The zero-order valence-corrected chi connectivity index (χ0v) is 14.3. The zero-order chi connectivity index (χ0) is 14.7. The van der Waals surface area contributed by atoms with Crippen LogP contribution in [0.2, 0.25) is 0 Å². The number of nitrogens with zero attached hydrogens (tertiary/aromatic N) is 1. The first-order valence-corrected chi connectivity index (χ1v) is 8.11. The van der Waals surface area contributed by atoms with Crippen LogP contribution in [0.1, 0.15) is 30.3 Å². The van der Waals surface area contributed by atoms with Crippen LogP contribution in [0.4, 0.5) is 0 Å². The molecule has 1 N–H and O–H groups in total. The Labute approximate surface area is 134 Å². The van der Waals surface area contributed by atoms with Gasteiger partial charge in [-0.2, -0.15) is 0 Å². The Balaban J connectivity index is 1.93. The van der Waals surface area contributed by atoms with Crippen molar-refractivity contribution in [3.63, 3.8) is 0 Å². The number of ether oxygens (including phenoxy) is 1. The van der Waals surface area contributed by atoms with Crippen LogP contribution in [0.5, 0.6) is 0 Å². The monoisotopic (exact) mass is 406 g/mol. The Morgan fingerprint density at radius 3 is 2.55 bits per heavy atom. The van der Waals surface area contributed by atoms with Crippen molar-refractivity contribution < 1.29 is 14.3 Å². The van der Waals surface area contributed by atoms with Gasteiger partial charge in [-0.15, -0.1) is 0 Å². The minimum atomic E-state index is -0.148. The molecular weight excluding hydrogens is 392 g/mol. The highest BCUT2D eigenvalue weighted by molar-refractivity contribution is 9.13. The van der Waals surface area contributed by atoms with Gasteiger partial charge >= 0.3 is 5.97 Å². The van der Waals surface area contributed by atoms with E-state index in [1.807, 2.05) is 0 Å². The number of carbonyl (C=O) groups is 2. The standard InChI is InChI=1S/C13H16Br2N2O3/c1-2-20-13(19)8-3-5-17(6-4-8)12(18)10-7-9(14)11(15)16-10/h7-8,16H,2-6H2,1H3. The zero-order valence-electron chi connectivity index (χ0n) is 11.1. The second-order valence-corrected chi connectivity index (χ2v) is 6.31. The summed E-state index contributed by atoms with van der Waals surface area (Å²) < 4.78 is 6.59.